The van der Waals surface area contributed by atoms with Crippen LogP contribution in [0.25, 0.3) is 10.8 Å². The number of aliphatic hydroxyl groups is 1. The van der Waals surface area contributed by atoms with Crippen molar-refractivity contribution in [3.8, 4) is 0 Å². The first-order valence-corrected chi connectivity index (χ1v) is 11.3. The highest BCUT2D eigenvalue weighted by atomic mass is 16.3. The highest BCUT2D eigenvalue weighted by Gasteiger charge is 2.38. The molecule has 5 heteroatoms. The molecule has 0 aliphatic carbocycles. The molecule has 1 aliphatic heterocycles. The SMILES string of the molecule is C=CCC(O)(CC=C)[C@@H](C)NC(=O)CC[C@@]1(Cc2ccc3ccccc3c2)CCC(=O)N1. The van der Waals surface area contributed by atoms with Crippen LogP contribution in [0.3, 0.4) is 0 Å². The van der Waals surface area contributed by atoms with Crippen LogP contribution < -0.4 is 10.6 Å². The van der Waals surface area contributed by atoms with E-state index in [0.29, 0.717) is 38.5 Å². The zero-order valence-corrected chi connectivity index (χ0v) is 18.9. The Morgan fingerprint density at radius 2 is 1.91 bits per heavy atom. The lowest BCUT2D eigenvalue weighted by molar-refractivity contribution is -0.125. The molecule has 0 radical (unpaired) electrons. The molecule has 1 fully saturated rings. The third-order valence-electron chi connectivity index (χ3n) is 6.60. The van der Waals surface area contributed by atoms with E-state index >= 15 is 0 Å². The number of carbonyl (C=O) groups is 2. The molecule has 170 valence electrons. The fourth-order valence-corrected chi connectivity index (χ4v) is 4.66. The zero-order valence-electron chi connectivity index (χ0n) is 18.9. The van der Waals surface area contributed by atoms with E-state index in [0.717, 1.165) is 5.56 Å². The minimum absolute atomic E-state index is 0.0332. The lowest BCUT2D eigenvalue weighted by atomic mass is 9.84. The predicted molar refractivity (Wildman–Crippen MR) is 129 cm³/mol. The van der Waals surface area contributed by atoms with E-state index < -0.39 is 17.2 Å². The van der Waals surface area contributed by atoms with E-state index in [2.05, 4.69) is 54.1 Å². The van der Waals surface area contributed by atoms with Gasteiger partial charge in [0.15, 0.2) is 0 Å². The number of amides is 2. The maximum atomic E-state index is 12.7. The van der Waals surface area contributed by atoms with Crippen molar-refractivity contribution in [1.29, 1.82) is 0 Å². The fourth-order valence-electron chi connectivity index (χ4n) is 4.66. The summed E-state index contributed by atoms with van der Waals surface area (Å²) in [7, 11) is 0. The van der Waals surface area contributed by atoms with Gasteiger partial charge in [0.05, 0.1) is 11.6 Å². The molecular formula is C27H34N2O3. The highest BCUT2D eigenvalue weighted by Crippen LogP contribution is 2.31. The van der Waals surface area contributed by atoms with Crippen molar-refractivity contribution in [3.63, 3.8) is 0 Å². The van der Waals surface area contributed by atoms with E-state index in [4.69, 9.17) is 0 Å². The Labute approximate surface area is 190 Å². The minimum Gasteiger partial charge on any atom is -0.387 e. The third kappa shape index (κ3) is 5.65. The molecule has 2 aromatic rings. The lowest BCUT2D eigenvalue weighted by Crippen LogP contribution is -2.51. The van der Waals surface area contributed by atoms with Gasteiger partial charge < -0.3 is 15.7 Å². The van der Waals surface area contributed by atoms with Crippen molar-refractivity contribution in [2.45, 2.75) is 69.1 Å². The molecule has 0 saturated carbocycles. The number of benzene rings is 2. The van der Waals surface area contributed by atoms with E-state index in [-0.39, 0.29) is 18.2 Å². The number of rotatable bonds is 11. The van der Waals surface area contributed by atoms with Gasteiger partial charge in [-0.2, -0.15) is 0 Å². The molecule has 3 N–H and O–H groups in total. The van der Waals surface area contributed by atoms with E-state index in [1.165, 1.54) is 10.8 Å². The van der Waals surface area contributed by atoms with Gasteiger partial charge in [0.25, 0.3) is 0 Å². The number of nitrogens with one attached hydrogen (secondary N) is 2. The van der Waals surface area contributed by atoms with Crippen LogP contribution in [0.2, 0.25) is 0 Å². The van der Waals surface area contributed by atoms with Crippen molar-refractivity contribution in [1.82, 2.24) is 10.6 Å². The highest BCUT2D eigenvalue weighted by molar-refractivity contribution is 5.83. The smallest absolute Gasteiger partial charge is 0.220 e. The summed E-state index contributed by atoms with van der Waals surface area (Å²) in [6.07, 6.45) is 6.72. The second kappa shape index (κ2) is 10.1. The van der Waals surface area contributed by atoms with Crippen LogP contribution >= 0.6 is 0 Å². The van der Waals surface area contributed by atoms with Crippen molar-refractivity contribution in [2.24, 2.45) is 0 Å². The van der Waals surface area contributed by atoms with Gasteiger partial charge in [-0.1, -0.05) is 54.6 Å². The summed E-state index contributed by atoms with van der Waals surface area (Å²) in [6, 6.07) is 14.1. The normalized spacial score (nSPS) is 19.4. The van der Waals surface area contributed by atoms with Crippen LogP contribution in [0.15, 0.2) is 67.8 Å². The second-order valence-electron chi connectivity index (χ2n) is 9.07. The Balaban J connectivity index is 1.67. The van der Waals surface area contributed by atoms with Crippen molar-refractivity contribution >= 4 is 22.6 Å². The molecule has 2 amide bonds. The van der Waals surface area contributed by atoms with Crippen LogP contribution in [0.4, 0.5) is 0 Å². The first kappa shape index (κ1) is 23.7. The molecular weight excluding hydrogens is 400 g/mol. The van der Waals surface area contributed by atoms with Gasteiger partial charge in [-0.3, -0.25) is 9.59 Å². The molecule has 0 bridgehead atoms. The Bertz CT molecular complexity index is 989. The first-order valence-electron chi connectivity index (χ1n) is 11.3. The van der Waals surface area contributed by atoms with Crippen molar-refractivity contribution in [2.75, 3.05) is 0 Å². The molecule has 1 aliphatic rings. The number of carbonyl (C=O) groups excluding carboxylic acids is 2. The van der Waals surface area contributed by atoms with Crippen LogP contribution in [0.5, 0.6) is 0 Å². The van der Waals surface area contributed by atoms with E-state index in [1.807, 2.05) is 12.1 Å². The van der Waals surface area contributed by atoms with Gasteiger partial charge in [-0.15, -0.1) is 13.2 Å². The monoisotopic (exact) mass is 434 g/mol. The zero-order chi connectivity index (χ0) is 23.2. The van der Waals surface area contributed by atoms with Crippen LogP contribution in [0, 0.1) is 0 Å². The van der Waals surface area contributed by atoms with Gasteiger partial charge in [0.1, 0.15) is 0 Å². The Morgan fingerprint density at radius 1 is 1.22 bits per heavy atom. The maximum absolute atomic E-state index is 12.7. The van der Waals surface area contributed by atoms with Crippen LogP contribution in [-0.2, 0) is 16.0 Å². The summed E-state index contributed by atoms with van der Waals surface area (Å²) in [5.74, 6) is -0.103. The van der Waals surface area contributed by atoms with Gasteiger partial charge in [-0.25, -0.2) is 0 Å². The van der Waals surface area contributed by atoms with Gasteiger partial charge in [-0.05, 0) is 55.4 Å². The summed E-state index contributed by atoms with van der Waals surface area (Å²) in [6.45, 7) is 9.21. The molecule has 2 atom stereocenters. The minimum atomic E-state index is -1.11. The Morgan fingerprint density at radius 3 is 2.53 bits per heavy atom. The maximum Gasteiger partial charge on any atom is 0.220 e. The topological polar surface area (TPSA) is 78.4 Å². The van der Waals surface area contributed by atoms with Gasteiger partial charge in [0.2, 0.25) is 11.8 Å². The fraction of sp³-hybridized carbons (Fsp3) is 0.407. The average molecular weight is 435 g/mol. The molecule has 5 nitrogen and oxygen atoms in total. The summed E-state index contributed by atoms with van der Waals surface area (Å²) < 4.78 is 0. The molecule has 0 spiro atoms. The van der Waals surface area contributed by atoms with Crippen LogP contribution in [0.1, 0.15) is 51.0 Å². The molecule has 0 aromatic heterocycles. The Hall–Kier alpha value is -2.92. The average Bonchev–Trinajstić information content (AvgIpc) is 3.13. The number of fused-ring (bicyclic) bond motifs is 1. The lowest BCUT2D eigenvalue weighted by Gasteiger charge is -2.34. The van der Waals surface area contributed by atoms with Crippen LogP contribution in [-0.4, -0.2) is 34.1 Å². The standard InChI is InChI=1S/C27H34N2O3/c1-4-14-27(32,15-5-2)20(3)28-24(30)12-16-26(17-13-25(31)29-26)19-21-10-11-22-8-6-7-9-23(22)18-21/h4-11,18,20,32H,1-2,12-17,19H2,3H3,(H,28,30)(H,29,31)/t20-,26+/m1/s1. The largest absolute Gasteiger partial charge is 0.387 e. The summed E-state index contributed by atoms with van der Waals surface area (Å²) in [5.41, 5.74) is -0.395. The second-order valence-corrected chi connectivity index (χ2v) is 9.07. The van der Waals surface area contributed by atoms with E-state index in [9.17, 15) is 14.7 Å². The molecule has 3 rings (SSSR count). The van der Waals surface area contributed by atoms with E-state index in [1.54, 1.807) is 19.1 Å². The molecule has 32 heavy (non-hydrogen) atoms. The number of hydrogen-bond acceptors (Lipinski definition) is 3. The quantitative estimate of drug-likeness (QED) is 0.464. The molecule has 1 heterocycles. The Kier molecular flexibility index (Phi) is 7.52. The summed E-state index contributed by atoms with van der Waals surface area (Å²) >= 11 is 0. The molecule has 1 saturated heterocycles. The predicted octanol–water partition coefficient (Wildman–Crippen LogP) is 4.20. The third-order valence-corrected chi connectivity index (χ3v) is 6.60. The van der Waals surface area contributed by atoms with Crippen molar-refractivity contribution in [3.05, 3.63) is 73.3 Å². The molecule has 0 unspecified atom stereocenters. The van der Waals surface area contributed by atoms with Crippen molar-refractivity contribution < 1.29 is 14.7 Å². The van der Waals surface area contributed by atoms with Gasteiger partial charge in [0, 0.05) is 18.4 Å². The van der Waals surface area contributed by atoms with Gasteiger partial charge >= 0.3 is 0 Å². The summed E-state index contributed by atoms with van der Waals surface area (Å²) in [5, 5.41) is 19.3. The summed E-state index contributed by atoms with van der Waals surface area (Å²) in [4.78, 5) is 24.8. The number of hydrogen-bond donors (Lipinski definition) is 3. The molecule has 2 aromatic carbocycles. The first-order chi connectivity index (χ1) is 15.3.